The van der Waals surface area contributed by atoms with Crippen molar-refractivity contribution in [1.82, 2.24) is 0 Å². The van der Waals surface area contributed by atoms with Gasteiger partial charge in [-0.2, -0.15) is 0 Å². The van der Waals surface area contributed by atoms with Crippen LogP contribution in [0.25, 0.3) is 32.3 Å². The smallest absolute Gasteiger partial charge is 0.162 e. The number of hydrogen-bond acceptors (Lipinski definition) is 2. The predicted molar refractivity (Wildman–Crippen MR) is 80.8 cm³/mol. The van der Waals surface area contributed by atoms with E-state index in [0.717, 1.165) is 32.3 Å². The summed E-state index contributed by atoms with van der Waals surface area (Å²) in [5.41, 5.74) is 2.81. The molecule has 0 saturated carbocycles. The van der Waals surface area contributed by atoms with E-state index in [1.165, 1.54) is 0 Å². The molecule has 4 nitrogen and oxygen atoms in total. The maximum absolute atomic E-state index is 10.7. The lowest BCUT2D eigenvalue weighted by Crippen LogP contribution is -2.08. The van der Waals surface area contributed by atoms with Crippen molar-refractivity contribution < 1.29 is 5.03 Å². The van der Waals surface area contributed by atoms with Gasteiger partial charge in [0.25, 0.3) is 0 Å². The van der Waals surface area contributed by atoms with Crippen LogP contribution in [0.15, 0.2) is 54.6 Å². The zero-order valence-electron chi connectivity index (χ0n) is 10.5. The van der Waals surface area contributed by atoms with Crippen molar-refractivity contribution >= 4 is 38.0 Å². The number of benzene rings is 4. The molecular weight excluding hydrogens is 252 g/mol. The van der Waals surface area contributed by atoms with Gasteiger partial charge < -0.3 is 0 Å². The number of rotatable bonds is 2. The summed E-state index contributed by atoms with van der Waals surface area (Å²) in [6.07, 6.45) is 0. The average Bonchev–Trinajstić information content (AvgIpc) is 2.46. The third-order valence-corrected chi connectivity index (χ3v) is 3.74. The summed E-state index contributed by atoms with van der Waals surface area (Å²) in [5.74, 6) is 0. The Morgan fingerprint density at radius 2 is 1.40 bits per heavy atom. The van der Waals surface area contributed by atoms with E-state index in [1.54, 1.807) is 6.07 Å². The van der Waals surface area contributed by atoms with Crippen LogP contribution >= 0.6 is 0 Å². The van der Waals surface area contributed by atoms with E-state index in [9.17, 15) is 10.1 Å². The summed E-state index contributed by atoms with van der Waals surface area (Å²) in [7, 11) is 0. The maximum atomic E-state index is 10.7. The second-order valence-corrected chi connectivity index (χ2v) is 4.84. The van der Waals surface area contributed by atoms with Gasteiger partial charge in [0, 0.05) is 5.39 Å². The minimum absolute atomic E-state index is 0.522. The SMILES string of the molecule is O=[N+]([O-])Nc1ccc2ccc3cccc4ccc1c2c34. The fourth-order valence-corrected chi connectivity index (χ4v) is 2.93. The lowest BCUT2D eigenvalue weighted by atomic mass is 9.94. The summed E-state index contributed by atoms with van der Waals surface area (Å²) in [6, 6.07) is 17.9. The summed E-state index contributed by atoms with van der Waals surface area (Å²) < 4.78 is 0. The minimum atomic E-state index is -0.522. The summed E-state index contributed by atoms with van der Waals surface area (Å²) >= 11 is 0. The average molecular weight is 262 g/mol. The molecule has 0 saturated heterocycles. The van der Waals surface area contributed by atoms with Gasteiger partial charge in [0.2, 0.25) is 0 Å². The van der Waals surface area contributed by atoms with Crippen molar-refractivity contribution in [3.8, 4) is 0 Å². The Balaban J connectivity index is 2.23. The third-order valence-electron chi connectivity index (χ3n) is 3.74. The normalized spacial score (nSPS) is 11.4. The van der Waals surface area contributed by atoms with Gasteiger partial charge in [0.05, 0.1) is 0 Å². The molecular formula is C16H10N2O2. The van der Waals surface area contributed by atoms with Gasteiger partial charge >= 0.3 is 0 Å². The maximum Gasteiger partial charge on any atom is 0.162 e. The molecule has 0 unspecified atom stereocenters. The van der Waals surface area contributed by atoms with Crippen LogP contribution in [0.5, 0.6) is 0 Å². The van der Waals surface area contributed by atoms with Crippen molar-refractivity contribution in [3.05, 3.63) is 64.7 Å². The van der Waals surface area contributed by atoms with Crippen LogP contribution in [0.2, 0.25) is 0 Å². The standard InChI is InChI=1S/C16H10N2O2/c19-18(20)17-14-9-7-12-5-4-10-2-1-3-11-6-8-13(14)16(12)15(10)11/h1-9,17H. The van der Waals surface area contributed by atoms with E-state index in [-0.39, 0.29) is 0 Å². The van der Waals surface area contributed by atoms with Crippen LogP contribution in [0, 0.1) is 10.1 Å². The van der Waals surface area contributed by atoms with Crippen LogP contribution < -0.4 is 5.43 Å². The Labute approximate surface area is 114 Å². The van der Waals surface area contributed by atoms with E-state index < -0.39 is 5.03 Å². The van der Waals surface area contributed by atoms with Crippen LogP contribution in [-0.4, -0.2) is 5.03 Å². The van der Waals surface area contributed by atoms with Gasteiger partial charge in [0.15, 0.2) is 5.03 Å². The van der Waals surface area contributed by atoms with Crippen molar-refractivity contribution in [2.45, 2.75) is 0 Å². The number of hydrogen-bond donors (Lipinski definition) is 1. The zero-order valence-corrected chi connectivity index (χ0v) is 10.5. The first-order chi connectivity index (χ1) is 9.74. The van der Waals surface area contributed by atoms with E-state index in [4.69, 9.17) is 0 Å². The molecule has 4 rings (SSSR count). The molecule has 0 aliphatic carbocycles. The molecule has 0 atom stereocenters. The van der Waals surface area contributed by atoms with E-state index >= 15 is 0 Å². The highest BCUT2D eigenvalue weighted by Crippen LogP contribution is 2.37. The Hall–Kier alpha value is -2.88. The van der Waals surface area contributed by atoms with Crippen molar-refractivity contribution in [2.24, 2.45) is 0 Å². The minimum Gasteiger partial charge on any atom is -0.235 e. The van der Waals surface area contributed by atoms with E-state index in [0.29, 0.717) is 5.69 Å². The number of nitro groups is 1. The van der Waals surface area contributed by atoms with E-state index in [1.807, 2.05) is 24.3 Å². The second-order valence-electron chi connectivity index (χ2n) is 4.84. The number of hydrazine groups is 1. The molecule has 20 heavy (non-hydrogen) atoms. The molecule has 4 heteroatoms. The molecule has 0 fully saturated rings. The molecule has 0 aliphatic rings. The molecule has 0 amide bonds. The summed E-state index contributed by atoms with van der Waals surface area (Å²) in [4.78, 5) is 10.7. The molecule has 1 N–H and O–H groups in total. The number of nitrogens with zero attached hydrogens (tertiary/aromatic N) is 1. The lowest BCUT2D eigenvalue weighted by Gasteiger charge is -2.12. The molecule has 4 aromatic rings. The predicted octanol–water partition coefficient (Wildman–Crippen LogP) is 4.19. The Bertz CT molecular complexity index is 947. The number of nitrogens with one attached hydrogen (secondary N) is 1. The summed E-state index contributed by atoms with van der Waals surface area (Å²) in [5, 5.41) is 16.7. The largest absolute Gasteiger partial charge is 0.235 e. The molecule has 0 radical (unpaired) electrons. The number of anilines is 1. The highest BCUT2D eigenvalue weighted by Gasteiger charge is 2.12. The molecule has 0 aliphatic heterocycles. The third kappa shape index (κ3) is 1.42. The Morgan fingerprint density at radius 1 is 0.800 bits per heavy atom. The van der Waals surface area contributed by atoms with Crippen molar-refractivity contribution in [1.29, 1.82) is 0 Å². The van der Waals surface area contributed by atoms with Crippen LogP contribution in [0.4, 0.5) is 5.69 Å². The molecule has 4 aromatic carbocycles. The first kappa shape index (κ1) is 11.0. The van der Waals surface area contributed by atoms with Crippen LogP contribution in [0.1, 0.15) is 0 Å². The Morgan fingerprint density at radius 3 is 2.10 bits per heavy atom. The summed E-state index contributed by atoms with van der Waals surface area (Å²) in [6.45, 7) is 0. The highest BCUT2D eigenvalue weighted by atomic mass is 16.7. The van der Waals surface area contributed by atoms with Crippen LogP contribution in [-0.2, 0) is 0 Å². The first-order valence-corrected chi connectivity index (χ1v) is 6.31. The lowest BCUT2D eigenvalue weighted by molar-refractivity contribution is -0.445. The van der Waals surface area contributed by atoms with Gasteiger partial charge in [-0.25, -0.2) is 10.1 Å². The monoisotopic (exact) mass is 262 g/mol. The zero-order chi connectivity index (χ0) is 13.7. The first-order valence-electron chi connectivity index (χ1n) is 6.31. The van der Waals surface area contributed by atoms with Gasteiger partial charge in [-0.1, -0.05) is 48.5 Å². The van der Waals surface area contributed by atoms with Crippen molar-refractivity contribution in [2.75, 3.05) is 5.43 Å². The van der Waals surface area contributed by atoms with Crippen molar-refractivity contribution in [3.63, 3.8) is 0 Å². The quantitative estimate of drug-likeness (QED) is 0.335. The second kappa shape index (κ2) is 3.81. The molecule has 0 spiro atoms. The van der Waals surface area contributed by atoms with E-state index in [2.05, 4.69) is 29.7 Å². The van der Waals surface area contributed by atoms with Crippen LogP contribution in [0.3, 0.4) is 0 Å². The molecule has 96 valence electrons. The van der Waals surface area contributed by atoms with Gasteiger partial charge in [-0.15, -0.1) is 5.43 Å². The van der Waals surface area contributed by atoms with Gasteiger partial charge in [0.1, 0.15) is 5.69 Å². The topological polar surface area (TPSA) is 55.2 Å². The molecule has 0 aromatic heterocycles. The highest BCUT2D eigenvalue weighted by molar-refractivity contribution is 6.25. The fourth-order valence-electron chi connectivity index (χ4n) is 2.93. The molecule has 0 bridgehead atoms. The molecule has 0 heterocycles. The Kier molecular flexibility index (Phi) is 2.09. The fraction of sp³-hybridized carbons (Fsp3) is 0. The van der Waals surface area contributed by atoms with Gasteiger partial charge in [-0.05, 0) is 33.0 Å². The van der Waals surface area contributed by atoms with Gasteiger partial charge in [-0.3, -0.25) is 0 Å².